The van der Waals surface area contributed by atoms with Crippen molar-refractivity contribution in [3.05, 3.63) is 84.1 Å². The molecular formula is C22H25NO3. The summed E-state index contributed by atoms with van der Waals surface area (Å²) in [6, 6.07) is 18.6. The Kier molecular flexibility index (Phi) is 6.73. The molecule has 1 unspecified atom stereocenters. The van der Waals surface area contributed by atoms with Gasteiger partial charge in [0.2, 0.25) is 0 Å². The van der Waals surface area contributed by atoms with Crippen LogP contribution >= 0.6 is 0 Å². The molecule has 136 valence electrons. The van der Waals surface area contributed by atoms with E-state index >= 15 is 0 Å². The third-order valence-electron chi connectivity index (χ3n) is 4.09. The highest BCUT2D eigenvalue weighted by Gasteiger charge is 2.33. The quantitative estimate of drug-likeness (QED) is 0.537. The van der Waals surface area contributed by atoms with Gasteiger partial charge in [-0.1, -0.05) is 48.5 Å². The molecule has 0 saturated heterocycles. The number of benzene rings is 2. The van der Waals surface area contributed by atoms with Crippen molar-refractivity contribution in [2.75, 3.05) is 20.7 Å². The molecule has 0 spiro atoms. The van der Waals surface area contributed by atoms with Crippen LogP contribution in [0, 0.1) is 5.41 Å². The average molecular weight is 351 g/mol. The molecule has 0 aromatic heterocycles. The van der Waals surface area contributed by atoms with Gasteiger partial charge in [0.15, 0.2) is 5.78 Å². The lowest BCUT2D eigenvalue weighted by molar-refractivity contribution is -0.125. The average Bonchev–Trinajstić information content (AvgIpc) is 2.65. The maximum Gasteiger partial charge on any atom is 0.338 e. The summed E-state index contributed by atoms with van der Waals surface area (Å²) >= 11 is 0. The predicted octanol–water partition coefficient (Wildman–Crippen LogP) is 3.74. The van der Waals surface area contributed by atoms with Crippen LogP contribution in [0.25, 0.3) is 0 Å². The second-order valence-electron chi connectivity index (χ2n) is 6.81. The van der Waals surface area contributed by atoms with Crippen LogP contribution < -0.4 is 0 Å². The van der Waals surface area contributed by atoms with Crippen molar-refractivity contribution >= 4 is 11.8 Å². The van der Waals surface area contributed by atoms with Gasteiger partial charge in [0.1, 0.15) is 6.61 Å². The molecule has 0 fully saturated rings. The van der Waals surface area contributed by atoms with Crippen LogP contribution in [-0.2, 0) is 16.0 Å². The van der Waals surface area contributed by atoms with Gasteiger partial charge >= 0.3 is 5.97 Å². The number of hydrogen-bond acceptors (Lipinski definition) is 4. The molecule has 2 aromatic rings. The van der Waals surface area contributed by atoms with Crippen molar-refractivity contribution in [1.29, 1.82) is 0 Å². The maximum absolute atomic E-state index is 12.8. The van der Waals surface area contributed by atoms with Gasteiger partial charge in [-0.3, -0.25) is 4.79 Å². The molecule has 2 rings (SSSR count). The predicted molar refractivity (Wildman–Crippen MR) is 103 cm³/mol. The minimum Gasteiger partial charge on any atom is -0.461 e. The molecule has 0 aliphatic carbocycles. The van der Waals surface area contributed by atoms with Crippen molar-refractivity contribution in [2.24, 2.45) is 5.41 Å². The zero-order valence-corrected chi connectivity index (χ0v) is 15.5. The molecule has 26 heavy (non-hydrogen) atoms. The molecule has 0 saturated carbocycles. The lowest BCUT2D eigenvalue weighted by Gasteiger charge is -2.27. The number of hydrogen-bond donors (Lipinski definition) is 0. The smallest absolute Gasteiger partial charge is 0.338 e. The van der Waals surface area contributed by atoms with Crippen molar-refractivity contribution < 1.29 is 14.3 Å². The molecule has 4 nitrogen and oxygen atoms in total. The molecule has 0 aliphatic heterocycles. The van der Waals surface area contributed by atoms with E-state index < -0.39 is 11.4 Å². The Bertz CT molecular complexity index is 753. The molecule has 0 N–H and O–H groups in total. The van der Waals surface area contributed by atoms with E-state index in [1.807, 2.05) is 57.4 Å². The topological polar surface area (TPSA) is 46.6 Å². The molecular weight excluding hydrogens is 326 g/mol. The second-order valence-corrected chi connectivity index (χ2v) is 6.81. The van der Waals surface area contributed by atoms with Crippen LogP contribution in [0.1, 0.15) is 22.8 Å². The number of allylic oxidation sites excluding steroid dienone is 1. The van der Waals surface area contributed by atoms with Crippen LogP contribution in [0.4, 0.5) is 0 Å². The summed E-state index contributed by atoms with van der Waals surface area (Å²) in [6.07, 6.45) is 3.75. The van der Waals surface area contributed by atoms with Gasteiger partial charge in [-0.15, -0.1) is 0 Å². The summed E-state index contributed by atoms with van der Waals surface area (Å²) in [4.78, 5) is 26.9. The zero-order valence-electron chi connectivity index (χ0n) is 15.5. The first-order chi connectivity index (χ1) is 12.4. The van der Waals surface area contributed by atoms with Crippen molar-refractivity contribution in [2.45, 2.75) is 13.3 Å². The first-order valence-electron chi connectivity index (χ1n) is 8.56. The summed E-state index contributed by atoms with van der Waals surface area (Å²) < 4.78 is 5.49. The first-order valence-corrected chi connectivity index (χ1v) is 8.56. The van der Waals surface area contributed by atoms with E-state index in [4.69, 9.17) is 4.74 Å². The minimum absolute atomic E-state index is 0.0201. The molecule has 0 aliphatic rings. The highest BCUT2D eigenvalue weighted by molar-refractivity contribution is 5.95. The zero-order chi connectivity index (χ0) is 19.0. The van der Waals surface area contributed by atoms with E-state index in [0.717, 1.165) is 5.56 Å². The lowest BCUT2D eigenvalue weighted by Crippen LogP contribution is -2.35. The van der Waals surface area contributed by atoms with Gasteiger partial charge in [0.05, 0.1) is 11.0 Å². The number of nitrogens with zero attached hydrogens (tertiary/aromatic N) is 1. The Labute approximate surface area is 155 Å². The van der Waals surface area contributed by atoms with E-state index in [0.29, 0.717) is 12.0 Å². The number of carbonyl (C=O) groups is 2. The molecule has 0 amide bonds. The third kappa shape index (κ3) is 5.59. The summed E-state index contributed by atoms with van der Waals surface area (Å²) in [6.45, 7) is 1.85. The van der Waals surface area contributed by atoms with Crippen LogP contribution in [0.2, 0.25) is 0 Å². The Morgan fingerprint density at radius 2 is 1.58 bits per heavy atom. The number of carbonyl (C=O) groups excluding carboxylic acids is 2. The summed E-state index contributed by atoms with van der Waals surface area (Å²) in [5.74, 6) is -0.495. The van der Waals surface area contributed by atoms with Gasteiger partial charge in [0.25, 0.3) is 0 Å². The number of rotatable bonds is 8. The first kappa shape index (κ1) is 19.4. The number of esters is 1. The molecule has 0 bridgehead atoms. The monoisotopic (exact) mass is 351 g/mol. The third-order valence-corrected chi connectivity index (χ3v) is 4.09. The number of ether oxygens (including phenoxy) is 1. The highest BCUT2D eigenvalue weighted by atomic mass is 16.5. The van der Waals surface area contributed by atoms with Crippen LogP contribution in [0.15, 0.2) is 72.9 Å². The molecule has 1 atom stereocenters. The van der Waals surface area contributed by atoms with Crippen LogP contribution in [0.5, 0.6) is 0 Å². The molecule has 0 heterocycles. The Morgan fingerprint density at radius 3 is 2.15 bits per heavy atom. The van der Waals surface area contributed by atoms with E-state index in [2.05, 4.69) is 0 Å². The Morgan fingerprint density at radius 1 is 1.00 bits per heavy atom. The van der Waals surface area contributed by atoms with E-state index in [9.17, 15) is 9.59 Å². The van der Waals surface area contributed by atoms with E-state index in [-0.39, 0.29) is 12.4 Å². The van der Waals surface area contributed by atoms with Crippen molar-refractivity contribution in [3.63, 3.8) is 0 Å². The lowest BCUT2D eigenvalue weighted by atomic mass is 9.80. The standard InChI is InChI=1S/C22H25NO3/c1-22(20(24)14-15-23(2)3,16-18-10-6-4-7-11-18)17-26-21(25)19-12-8-5-9-13-19/h4-15H,16-17H2,1-3H3. The Hall–Kier alpha value is -2.88. The molecule has 0 radical (unpaired) electrons. The minimum atomic E-state index is -0.835. The van der Waals surface area contributed by atoms with E-state index in [1.54, 1.807) is 41.4 Å². The fourth-order valence-corrected chi connectivity index (χ4v) is 2.56. The summed E-state index contributed by atoms with van der Waals surface area (Å²) in [7, 11) is 3.71. The van der Waals surface area contributed by atoms with Crippen LogP contribution in [-0.4, -0.2) is 37.4 Å². The van der Waals surface area contributed by atoms with E-state index in [1.165, 1.54) is 0 Å². The second kappa shape index (κ2) is 8.99. The van der Waals surface area contributed by atoms with Gasteiger partial charge < -0.3 is 9.64 Å². The van der Waals surface area contributed by atoms with Gasteiger partial charge in [-0.2, -0.15) is 0 Å². The van der Waals surface area contributed by atoms with Crippen molar-refractivity contribution in [3.8, 4) is 0 Å². The van der Waals surface area contributed by atoms with Gasteiger partial charge in [-0.25, -0.2) is 4.79 Å². The SMILES string of the molecule is CN(C)C=CC(=O)C(C)(COC(=O)c1ccccc1)Cc1ccccc1. The fourth-order valence-electron chi connectivity index (χ4n) is 2.56. The summed E-state index contributed by atoms with van der Waals surface area (Å²) in [5.41, 5.74) is 0.668. The van der Waals surface area contributed by atoms with Gasteiger partial charge in [-0.05, 0) is 37.1 Å². The normalized spacial score (nSPS) is 13.2. The summed E-state index contributed by atoms with van der Waals surface area (Å²) in [5, 5.41) is 0. The maximum atomic E-state index is 12.8. The highest BCUT2D eigenvalue weighted by Crippen LogP contribution is 2.26. The van der Waals surface area contributed by atoms with Crippen molar-refractivity contribution in [1.82, 2.24) is 4.90 Å². The fraction of sp³-hybridized carbons (Fsp3) is 0.273. The van der Waals surface area contributed by atoms with Crippen LogP contribution in [0.3, 0.4) is 0 Å². The van der Waals surface area contributed by atoms with Gasteiger partial charge in [0, 0.05) is 20.3 Å². The molecule has 2 aromatic carbocycles. The number of ketones is 1. The largest absolute Gasteiger partial charge is 0.461 e. The molecule has 4 heteroatoms. The Balaban J connectivity index is 2.16.